The van der Waals surface area contributed by atoms with E-state index in [1.165, 1.54) is 77.2 Å². The third-order valence-corrected chi connectivity index (χ3v) is 4.88. The fourth-order valence-corrected chi connectivity index (χ4v) is 3.22. The summed E-state index contributed by atoms with van der Waals surface area (Å²) in [5, 5.41) is 11.9. The van der Waals surface area contributed by atoms with Gasteiger partial charge in [-0.3, -0.25) is 9.59 Å². The number of nitrogens with one attached hydrogen (secondary N) is 1. The second kappa shape index (κ2) is 18.2. The maximum absolute atomic E-state index is 11.0. The number of nitrogens with two attached hydrogens (primary N) is 1. The monoisotopic (exact) mass is 385 g/mol. The number of hydrogen-bond acceptors (Lipinski definition) is 4. The number of aliphatic carboxylic acids is 1. The molecule has 160 valence electrons. The quantitative estimate of drug-likeness (QED) is 0.279. The van der Waals surface area contributed by atoms with Gasteiger partial charge >= 0.3 is 5.97 Å². The van der Waals surface area contributed by atoms with Crippen LogP contribution in [0, 0.1) is 0 Å². The van der Waals surface area contributed by atoms with E-state index < -0.39 is 17.9 Å². The second-order valence-corrected chi connectivity index (χ2v) is 7.91. The molecular weight excluding hydrogens is 342 g/mol. The summed E-state index contributed by atoms with van der Waals surface area (Å²) in [6.07, 6.45) is 16.5. The van der Waals surface area contributed by atoms with Gasteiger partial charge in [0.2, 0.25) is 5.91 Å². The molecule has 1 amide bonds. The van der Waals surface area contributed by atoms with Crippen molar-refractivity contribution in [2.24, 2.45) is 5.73 Å². The molecule has 0 saturated carbocycles. The fourth-order valence-electron chi connectivity index (χ4n) is 3.22. The van der Waals surface area contributed by atoms with Gasteiger partial charge < -0.3 is 21.1 Å². The van der Waals surface area contributed by atoms with Crippen molar-refractivity contribution in [3.63, 3.8) is 0 Å². The van der Waals surface area contributed by atoms with E-state index >= 15 is 0 Å². The molecule has 27 heavy (non-hydrogen) atoms. The van der Waals surface area contributed by atoms with Crippen LogP contribution in [0.4, 0.5) is 0 Å². The van der Waals surface area contributed by atoms with E-state index in [2.05, 4.69) is 24.3 Å². The number of rotatable bonds is 20. The third kappa shape index (κ3) is 19.4. The van der Waals surface area contributed by atoms with E-state index in [0.29, 0.717) is 6.54 Å². The Morgan fingerprint density at radius 3 is 1.59 bits per heavy atom. The molecule has 1 unspecified atom stereocenters. The lowest BCUT2D eigenvalue weighted by molar-refractivity contribution is -0.141. The first-order chi connectivity index (χ1) is 12.9. The Balaban J connectivity index is 3.27. The third-order valence-electron chi connectivity index (χ3n) is 4.88. The van der Waals surface area contributed by atoms with Crippen LogP contribution >= 0.6 is 0 Å². The van der Waals surface area contributed by atoms with Crippen LogP contribution in [0.5, 0.6) is 0 Å². The Hall–Kier alpha value is -1.14. The van der Waals surface area contributed by atoms with Gasteiger partial charge in [0.15, 0.2) is 0 Å². The summed E-state index contributed by atoms with van der Waals surface area (Å²) in [6, 6.07) is -0.851. The van der Waals surface area contributed by atoms with E-state index in [1.54, 1.807) is 0 Å². The van der Waals surface area contributed by atoms with Crippen molar-refractivity contribution in [1.82, 2.24) is 10.2 Å². The summed E-state index contributed by atoms with van der Waals surface area (Å²) in [6.45, 7) is 1.84. The molecule has 0 aromatic carbocycles. The molecule has 0 heterocycles. The molecule has 0 aliphatic carbocycles. The van der Waals surface area contributed by atoms with E-state index in [4.69, 9.17) is 10.8 Å². The number of carboxylic acid groups (broad SMARTS) is 1. The van der Waals surface area contributed by atoms with Crippen molar-refractivity contribution in [3.05, 3.63) is 0 Å². The summed E-state index contributed by atoms with van der Waals surface area (Å²) in [4.78, 5) is 24.0. The predicted molar refractivity (Wildman–Crippen MR) is 112 cm³/mol. The molecule has 0 aromatic rings. The van der Waals surface area contributed by atoms with Gasteiger partial charge in [-0.1, -0.05) is 70.6 Å². The Bertz CT molecular complexity index is 376. The summed E-state index contributed by atoms with van der Waals surface area (Å²) in [5.41, 5.74) is 5.05. The summed E-state index contributed by atoms with van der Waals surface area (Å²) in [7, 11) is 4.27. The predicted octanol–water partition coefficient (Wildman–Crippen LogP) is 3.54. The van der Waals surface area contributed by atoms with Crippen LogP contribution in [0.3, 0.4) is 0 Å². The van der Waals surface area contributed by atoms with Crippen molar-refractivity contribution < 1.29 is 14.7 Å². The Morgan fingerprint density at radius 1 is 0.815 bits per heavy atom. The standard InChI is InChI=1S/C21H43N3O3/c1-24(2)17-15-13-11-9-7-5-3-4-6-8-10-12-14-16-23-19(21(26)27)18-20(22)25/h19,23H,3-18H2,1-2H3,(H2,22,25)(H,26,27). The Morgan fingerprint density at radius 2 is 1.22 bits per heavy atom. The van der Waals surface area contributed by atoms with Gasteiger partial charge in [0, 0.05) is 0 Å². The highest BCUT2D eigenvalue weighted by molar-refractivity contribution is 5.83. The molecule has 0 fully saturated rings. The number of hydrogen-bond donors (Lipinski definition) is 3. The van der Waals surface area contributed by atoms with E-state index in [-0.39, 0.29) is 6.42 Å². The number of nitrogens with zero attached hydrogens (tertiary/aromatic N) is 1. The minimum absolute atomic E-state index is 0.147. The molecule has 6 nitrogen and oxygen atoms in total. The number of amides is 1. The summed E-state index contributed by atoms with van der Waals surface area (Å²) in [5.74, 6) is -1.60. The minimum Gasteiger partial charge on any atom is -0.480 e. The Labute approximate surface area is 166 Å². The molecule has 4 N–H and O–H groups in total. The Kier molecular flexibility index (Phi) is 17.5. The van der Waals surface area contributed by atoms with Crippen molar-refractivity contribution in [2.75, 3.05) is 27.2 Å². The molecule has 0 aliphatic rings. The van der Waals surface area contributed by atoms with Gasteiger partial charge in [0.05, 0.1) is 6.42 Å². The first-order valence-corrected chi connectivity index (χ1v) is 10.8. The largest absolute Gasteiger partial charge is 0.480 e. The lowest BCUT2D eigenvalue weighted by atomic mass is 10.0. The molecule has 0 saturated heterocycles. The minimum atomic E-state index is -1.01. The number of unbranched alkanes of at least 4 members (excludes halogenated alkanes) is 12. The molecule has 0 bridgehead atoms. The first-order valence-electron chi connectivity index (χ1n) is 10.8. The smallest absolute Gasteiger partial charge is 0.321 e. The van der Waals surface area contributed by atoms with Crippen molar-refractivity contribution in [3.8, 4) is 0 Å². The van der Waals surface area contributed by atoms with Crippen molar-refractivity contribution in [2.45, 2.75) is 95.9 Å². The highest BCUT2D eigenvalue weighted by atomic mass is 16.4. The topological polar surface area (TPSA) is 95.7 Å². The molecule has 0 radical (unpaired) electrons. The molecule has 0 spiro atoms. The number of carbonyl (C=O) groups excluding carboxylic acids is 1. The van der Waals surface area contributed by atoms with Gasteiger partial charge in [-0.15, -0.1) is 0 Å². The fraction of sp³-hybridized carbons (Fsp3) is 0.905. The summed E-state index contributed by atoms with van der Waals surface area (Å²) < 4.78 is 0. The van der Waals surface area contributed by atoms with E-state index in [0.717, 1.165) is 12.8 Å². The number of primary amides is 1. The van der Waals surface area contributed by atoms with Gasteiger partial charge in [0.1, 0.15) is 6.04 Å². The second-order valence-electron chi connectivity index (χ2n) is 7.91. The van der Waals surface area contributed by atoms with Crippen LogP contribution in [0.25, 0.3) is 0 Å². The van der Waals surface area contributed by atoms with Crippen LogP contribution in [-0.4, -0.2) is 55.1 Å². The average Bonchev–Trinajstić information content (AvgIpc) is 2.59. The zero-order valence-electron chi connectivity index (χ0n) is 17.7. The van der Waals surface area contributed by atoms with Gasteiger partial charge in [0.25, 0.3) is 0 Å². The highest BCUT2D eigenvalue weighted by Crippen LogP contribution is 2.12. The summed E-state index contributed by atoms with van der Waals surface area (Å²) >= 11 is 0. The lowest BCUT2D eigenvalue weighted by Crippen LogP contribution is -2.40. The highest BCUT2D eigenvalue weighted by Gasteiger charge is 2.18. The van der Waals surface area contributed by atoms with Crippen LogP contribution in [0.15, 0.2) is 0 Å². The van der Waals surface area contributed by atoms with Gasteiger partial charge in [-0.2, -0.15) is 0 Å². The zero-order chi connectivity index (χ0) is 20.3. The molecule has 6 heteroatoms. The maximum Gasteiger partial charge on any atom is 0.321 e. The molecule has 1 atom stereocenters. The number of carboxylic acids is 1. The maximum atomic E-state index is 11.0. The number of carbonyl (C=O) groups is 2. The average molecular weight is 386 g/mol. The SMILES string of the molecule is CN(C)CCCCCCCCCCCCCCCNC(CC(N)=O)C(=O)O. The van der Waals surface area contributed by atoms with E-state index in [1.807, 2.05) is 0 Å². The van der Waals surface area contributed by atoms with Crippen LogP contribution < -0.4 is 11.1 Å². The first kappa shape index (κ1) is 25.9. The van der Waals surface area contributed by atoms with Crippen LogP contribution in [-0.2, 0) is 9.59 Å². The van der Waals surface area contributed by atoms with Crippen LogP contribution in [0.2, 0.25) is 0 Å². The van der Waals surface area contributed by atoms with Gasteiger partial charge in [-0.05, 0) is 40.0 Å². The molecule has 0 aliphatic heterocycles. The zero-order valence-corrected chi connectivity index (χ0v) is 17.7. The van der Waals surface area contributed by atoms with Crippen LogP contribution in [0.1, 0.15) is 89.9 Å². The van der Waals surface area contributed by atoms with E-state index in [9.17, 15) is 9.59 Å². The van der Waals surface area contributed by atoms with Gasteiger partial charge in [-0.25, -0.2) is 0 Å². The van der Waals surface area contributed by atoms with Crippen molar-refractivity contribution in [1.29, 1.82) is 0 Å². The lowest BCUT2D eigenvalue weighted by Gasteiger charge is -2.12. The molecule has 0 rings (SSSR count). The molecule has 0 aromatic heterocycles. The normalized spacial score (nSPS) is 12.4. The van der Waals surface area contributed by atoms with Crippen molar-refractivity contribution >= 4 is 11.9 Å². The molecular formula is C21H43N3O3.